The molecule has 0 spiro atoms. The van der Waals surface area contributed by atoms with Gasteiger partial charge in [0.15, 0.2) is 0 Å². The van der Waals surface area contributed by atoms with Crippen LogP contribution in [0.4, 0.5) is 0 Å². The van der Waals surface area contributed by atoms with Crippen molar-refractivity contribution >= 4 is 0 Å². The van der Waals surface area contributed by atoms with Crippen LogP contribution in [0.15, 0.2) is 0 Å². The molecule has 0 heterocycles. The van der Waals surface area contributed by atoms with Crippen LogP contribution in [0.5, 0.6) is 0 Å². The van der Waals surface area contributed by atoms with Crippen molar-refractivity contribution in [1.82, 2.24) is 10.6 Å². The zero-order valence-electron chi connectivity index (χ0n) is 11.2. The number of rotatable bonds is 8. The van der Waals surface area contributed by atoms with E-state index in [1.807, 2.05) is 0 Å². The summed E-state index contributed by atoms with van der Waals surface area (Å²) in [6.45, 7) is 2.39. The maximum atomic E-state index is 3.26. The quantitative estimate of drug-likeness (QED) is 0.622. The zero-order chi connectivity index (χ0) is 11.6. The number of nitrogens with one attached hydrogen (secondary N) is 2. The molecule has 2 N–H and O–H groups in total. The van der Waals surface area contributed by atoms with Crippen molar-refractivity contribution in [2.24, 2.45) is 11.8 Å². The van der Waals surface area contributed by atoms with E-state index in [2.05, 4.69) is 24.7 Å². The molecule has 0 bridgehead atoms. The van der Waals surface area contributed by atoms with Gasteiger partial charge in [-0.2, -0.15) is 0 Å². The molecule has 0 aliphatic heterocycles. The molecule has 1 saturated carbocycles. The Balaban J connectivity index is 2.20. The van der Waals surface area contributed by atoms with Crippen LogP contribution in [0.25, 0.3) is 0 Å². The molecule has 16 heavy (non-hydrogen) atoms. The van der Waals surface area contributed by atoms with Crippen LogP contribution in [0, 0.1) is 11.8 Å². The molecule has 96 valence electrons. The van der Waals surface area contributed by atoms with Gasteiger partial charge in [-0.05, 0) is 64.7 Å². The lowest BCUT2D eigenvalue weighted by atomic mass is 9.75. The van der Waals surface area contributed by atoms with Gasteiger partial charge < -0.3 is 10.6 Å². The van der Waals surface area contributed by atoms with Gasteiger partial charge in [0.2, 0.25) is 0 Å². The molecule has 0 aromatic rings. The summed E-state index contributed by atoms with van der Waals surface area (Å²) in [5, 5.41) is 6.53. The van der Waals surface area contributed by atoms with Crippen LogP contribution in [0.3, 0.4) is 0 Å². The Morgan fingerprint density at radius 3 is 1.62 bits per heavy atom. The van der Waals surface area contributed by atoms with Crippen molar-refractivity contribution in [3.63, 3.8) is 0 Å². The molecule has 2 atom stereocenters. The van der Waals surface area contributed by atoms with Crippen molar-refractivity contribution in [2.45, 2.75) is 51.4 Å². The van der Waals surface area contributed by atoms with Crippen LogP contribution in [0.1, 0.15) is 51.4 Å². The zero-order valence-corrected chi connectivity index (χ0v) is 11.2. The first-order valence-corrected chi connectivity index (χ1v) is 7.17. The van der Waals surface area contributed by atoms with Gasteiger partial charge in [0.25, 0.3) is 0 Å². The highest BCUT2D eigenvalue weighted by molar-refractivity contribution is 4.76. The molecule has 0 aromatic carbocycles. The molecule has 1 rings (SSSR count). The third-order valence-electron chi connectivity index (χ3n) is 4.07. The molecule has 0 amide bonds. The fourth-order valence-corrected chi connectivity index (χ4v) is 3.13. The predicted octanol–water partition coefficient (Wildman–Crippen LogP) is 2.79. The monoisotopic (exact) mass is 226 g/mol. The predicted molar refractivity (Wildman–Crippen MR) is 71.8 cm³/mol. The second-order valence-electron chi connectivity index (χ2n) is 5.30. The normalized spacial score (nSPS) is 25.9. The lowest BCUT2D eigenvalue weighted by Crippen LogP contribution is -2.22. The standard InChI is InChI=1S/C14H30N2/c1-15-11-5-9-13-7-3-4-8-14(13)10-6-12-16-2/h13-16H,3-12H2,1-2H3. The maximum absolute atomic E-state index is 3.26. The van der Waals surface area contributed by atoms with Crippen molar-refractivity contribution < 1.29 is 0 Å². The van der Waals surface area contributed by atoms with Crippen molar-refractivity contribution in [3.05, 3.63) is 0 Å². The summed E-state index contributed by atoms with van der Waals surface area (Å²) in [4.78, 5) is 0. The molecule has 2 nitrogen and oxygen atoms in total. The Bertz CT molecular complexity index is 141. The summed E-state index contributed by atoms with van der Waals surface area (Å²) >= 11 is 0. The lowest BCUT2D eigenvalue weighted by Gasteiger charge is -2.31. The summed E-state index contributed by atoms with van der Waals surface area (Å²) in [7, 11) is 4.12. The van der Waals surface area contributed by atoms with E-state index >= 15 is 0 Å². The highest BCUT2D eigenvalue weighted by Gasteiger charge is 2.23. The van der Waals surface area contributed by atoms with Crippen molar-refractivity contribution in [3.8, 4) is 0 Å². The SMILES string of the molecule is CNCCCC1CCCCC1CCCNC. The first-order valence-electron chi connectivity index (χ1n) is 7.17. The summed E-state index contributed by atoms with van der Waals surface area (Å²) in [6.07, 6.45) is 11.6. The van der Waals surface area contributed by atoms with E-state index < -0.39 is 0 Å². The van der Waals surface area contributed by atoms with Gasteiger partial charge in [-0.25, -0.2) is 0 Å². The highest BCUT2D eigenvalue weighted by atomic mass is 14.8. The first kappa shape index (κ1) is 14.0. The molecule has 1 fully saturated rings. The third-order valence-corrected chi connectivity index (χ3v) is 4.07. The van der Waals surface area contributed by atoms with Gasteiger partial charge in [0.05, 0.1) is 0 Å². The molecular formula is C14H30N2. The summed E-state index contributed by atoms with van der Waals surface area (Å²) in [5.41, 5.74) is 0. The molecule has 2 heteroatoms. The molecule has 0 radical (unpaired) electrons. The Labute approximate surface area is 102 Å². The number of hydrogen-bond donors (Lipinski definition) is 2. The second-order valence-corrected chi connectivity index (χ2v) is 5.30. The van der Waals surface area contributed by atoms with Crippen molar-refractivity contribution in [1.29, 1.82) is 0 Å². The van der Waals surface area contributed by atoms with Gasteiger partial charge in [0.1, 0.15) is 0 Å². The van der Waals surface area contributed by atoms with Gasteiger partial charge in [-0.3, -0.25) is 0 Å². The fraction of sp³-hybridized carbons (Fsp3) is 1.00. The van der Waals surface area contributed by atoms with Gasteiger partial charge in [-0.1, -0.05) is 25.7 Å². The average molecular weight is 226 g/mol. The Morgan fingerprint density at radius 2 is 1.25 bits per heavy atom. The van der Waals surface area contributed by atoms with E-state index in [-0.39, 0.29) is 0 Å². The van der Waals surface area contributed by atoms with E-state index in [4.69, 9.17) is 0 Å². The first-order chi connectivity index (χ1) is 7.88. The van der Waals surface area contributed by atoms with Crippen LogP contribution in [-0.4, -0.2) is 27.2 Å². The van der Waals surface area contributed by atoms with E-state index in [0.29, 0.717) is 0 Å². The second kappa shape index (κ2) is 9.00. The summed E-state index contributed by atoms with van der Waals surface area (Å²) < 4.78 is 0. The largest absolute Gasteiger partial charge is 0.320 e. The highest BCUT2D eigenvalue weighted by Crippen LogP contribution is 2.35. The van der Waals surface area contributed by atoms with E-state index in [9.17, 15) is 0 Å². The molecule has 1 aliphatic rings. The molecule has 2 unspecified atom stereocenters. The molecule has 1 aliphatic carbocycles. The molecule has 0 saturated heterocycles. The molecular weight excluding hydrogens is 196 g/mol. The van der Waals surface area contributed by atoms with Gasteiger partial charge >= 0.3 is 0 Å². The average Bonchev–Trinajstić information content (AvgIpc) is 2.32. The Kier molecular flexibility index (Phi) is 7.87. The van der Waals surface area contributed by atoms with Crippen LogP contribution in [-0.2, 0) is 0 Å². The minimum Gasteiger partial charge on any atom is -0.320 e. The molecule has 0 aromatic heterocycles. The minimum absolute atomic E-state index is 1.03. The third kappa shape index (κ3) is 5.31. The summed E-state index contributed by atoms with van der Waals surface area (Å²) in [6, 6.07) is 0. The van der Waals surface area contributed by atoms with Crippen LogP contribution in [0.2, 0.25) is 0 Å². The Hall–Kier alpha value is -0.0800. The fourth-order valence-electron chi connectivity index (χ4n) is 3.13. The van der Waals surface area contributed by atoms with E-state index in [1.165, 1.54) is 64.5 Å². The van der Waals surface area contributed by atoms with Crippen LogP contribution < -0.4 is 10.6 Å². The topological polar surface area (TPSA) is 24.1 Å². The van der Waals surface area contributed by atoms with Crippen LogP contribution >= 0.6 is 0 Å². The maximum Gasteiger partial charge on any atom is -0.00518 e. The minimum atomic E-state index is 1.03. The van der Waals surface area contributed by atoms with Gasteiger partial charge in [-0.15, -0.1) is 0 Å². The number of hydrogen-bond acceptors (Lipinski definition) is 2. The Morgan fingerprint density at radius 1 is 0.812 bits per heavy atom. The smallest absolute Gasteiger partial charge is 0.00518 e. The van der Waals surface area contributed by atoms with E-state index in [0.717, 1.165) is 11.8 Å². The lowest BCUT2D eigenvalue weighted by molar-refractivity contribution is 0.205. The van der Waals surface area contributed by atoms with Crippen molar-refractivity contribution in [2.75, 3.05) is 27.2 Å². The van der Waals surface area contributed by atoms with Gasteiger partial charge in [0, 0.05) is 0 Å². The summed E-state index contributed by atoms with van der Waals surface area (Å²) in [5.74, 6) is 2.05. The van der Waals surface area contributed by atoms with E-state index in [1.54, 1.807) is 0 Å².